The second-order valence-corrected chi connectivity index (χ2v) is 4.05. The smallest absolute Gasteiger partial charge is 0.360 e. The largest absolute Gasteiger partial charge is 0.461 e. The molecule has 0 bridgehead atoms. The van der Waals surface area contributed by atoms with Gasteiger partial charge in [0, 0.05) is 11.6 Å². The van der Waals surface area contributed by atoms with Gasteiger partial charge in [-0.15, -0.1) is 9.36 Å². The van der Waals surface area contributed by atoms with Gasteiger partial charge in [-0.3, -0.25) is 0 Å². The van der Waals surface area contributed by atoms with E-state index in [1.165, 1.54) is 0 Å². The molecule has 0 atom stereocenters. The summed E-state index contributed by atoms with van der Waals surface area (Å²) in [6.07, 6.45) is 0. The lowest BCUT2D eigenvalue weighted by Crippen LogP contribution is -2.40. The molecule has 2 aromatic rings. The molecular formula is C14H17N2O2+. The van der Waals surface area contributed by atoms with Crippen molar-refractivity contribution in [3.05, 3.63) is 42.1 Å². The van der Waals surface area contributed by atoms with Gasteiger partial charge < -0.3 is 4.74 Å². The maximum Gasteiger partial charge on any atom is 0.360 e. The molecule has 0 saturated carbocycles. The minimum atomic E-state index is -0.294. The Kier molecular flexibility index (Phi) is 3.46. The lowest BCUT2D eigenvalue weighted by molar-refractivity contribution is -0.741. The number of carbonyl (C=O) groups excluding carboxylic acids is 1. The number of hydrogen-bond acceptors (Lipinski definition) is 2. The molecule has 18 heavy (non-hydrogen) atoms. The Balaban J connectivity index is 2.46. The molecule has 0 aliphatic carbocycles. The first-order chi connectivity index (χ1) is 8.65. The number of aromatic nitrogens is 2. The van der Waals surface area contributed by atoms with E-state index in [2.05, 4.69) is 0 Å². The fourth-order valence-corrected chi connectivity index (χ4v) is 1.91. The van der Waals surface area contributed by atoms with Crippen LogP contribution in [0.1, 0.15) is 17.4 Å². The van der Waals surface area contributed by atoms with Crippen molar-refractivity contribution < 1.29 is 14.2 Å². The van der Waals surface area contributed by atoms with Gasteiger partial charge in [0.2, 0.25) is 5.69 Å². The Bertz CT molecular complexity index is 559. The topological polar surface area (TPSA) is 35.1 Å². The monoisotopic (exact) mass is 245 g/mol. The summed E-state index contributed by atoms with van der Waals surface area (Å²) < 4.78 is 8.76. The van der Waals surface area contributed by atoms with Crippen LogP contribution in [-0.2, 0) is 18.8 Å². The third-order valence-corrected chi connectivity index (χ3v) is 2.97. The quantitative estimate of drug-likeness (QED) is 0.609. The molecule has 0 unspecified atom stereocenters. The number of esters is 1. The molecule has 0 spiro atoms. The minimum Gasteiger partial charge on any atom is -0.461 e. The number of ether oxygens (including phenoxy) is 1. The predicted molar refractivity (Wildman–Crippen MR) is 68.0 cm³/mol. The van der Waals surface area contributed by atoms with Crippen LogP contribution in [0.2, 0.25) is 0 Å². The van der Waals surface area contributed by atoms with Crippen LogP contribution in [0.5, 0.6) is 0 Å². The van der Waals surface area contributed by atoms with E-state index in [-0.39, 0.29) is 5.97 Å². The molecule has 94 valence electrons. The molecule has 0 radical (unpaired) electrons. The molecule has 1 aromatic carbocycles. The average Bonchev–Trinajstić information content (AvgIpc) is 2.68. The maximum atomic E-state index is 11.8. The van der Waals surface area contributed by atoms with Crippen molar-refractivity contribution >= 4 is 5.97 Å². The van der Waals surface area contributed by atoms with Gasteiger partial charge >= 0.3 is 5.97 Å². The van der Waals surface area contributed by atoms with Crippen molar-refractivity contribution in [3.63, 3.8) is 0 Å². The highest BCUT2D eigenvalue weighted by Crippen LogP contribution is 2.17. The van der Waals surface area contributed by atoms with Crippen LogP contribution >= 0.6 is 0 Å². The summed E-state index contributed by atoms with van der Waals surface area (Å²) in [5, 5.41) is 0. The molecule has 0 N–H and O–H groups in total. The summed E-state index contributed by atoms with van der Waals surface area (Å²) in [6.45, 7) is 2.19. The highest BCUT2D eigenvalue weighted by Gasteiger charge is 2.23. The standard InChI is InChI=1S/C14H17N2O2/c1-4-18-14(17)13-10-12(15(2)16(13)3)11-8-6-5-7-9-11/h5-10H,4H2,1-3H3/q+1. The van der Waals surface area contributed by atoms with E-state index in [0.717, 1.165) is 11.3 Å². The second kappa shape index (κ2) is 5.04. The Labute approximate surface area is 106 Å². The van der Waals surface area contributed by atoms with Crippen molar-refractivity contribution in [2.45, 2.75) is 6.92 Å². The normalized spacial score (nSPS) is 10.4. The van der Waals surface area contributed by atoms with Gasteiger partial charge in [-0.05, 0) is 19.1 Å². The molecule has 4 nitrogen and oxygen atoms in total. The van der Waals surface area contributed by atoms with Crippen LogP contribution in [0.25, 0.3) is 11.3 Å². The van der Waals surface area contributed by atoms with Crippen molar-refractivity contribution in [2.75, 3.05) is 6.61 Å². The Hall–Kier alpha value is -2.10. The van der Waals surface area contributed by atoms with Crippen molar-refractivity contribution in [1.29, 1.82) is 0 Å². The predicted octanol–water partition coefficient (Wildman–Crippen LogP) is 1.69. The van der Waals surface area contributed by atoms with E-state index in [0.29, 0.717) is 12.3 Å². The lowest BCUT2D eigenvalue weighted by Gasteiger charge is -1.99. The fourth-order valence-electron chi connectivity index (χ4n) is 1.91. The molecule has 4 heteroatoms. The third-order valence-electron chi connectivity index (χ3n) is 2.97. The summed E-state index contributed by atoms with van der Waals surface area (Å²) in [4.78, 5) is 11.8. The van der Waals surface area contributed by atoms with Crippen LogP contribution < -0.4 is 4.68 Å². The molecule has 0 aliphatic heterocycles. The number of hydrogen-bond donors (Lipinski definition) is 0. The van der Waals surface area contributed by atoms with Crippen LogP contribution in [0.4, 0.5) is 0 Å². The first-order valence-electron chi connectivity index (χ1n) is 5.93. The molecule has 0 amide bonds. The van der Waals surface area contributed by atoms with Gasteiger partial charge in [0.15, 0.2) is 12.7 Å². The van der Waals surface area contributed by atoms with Gasteiger partial charge in [0.25, 0.3) is 0 Å². The van der Waals surface area contributed by atoms with Gasteiger partial charge in [-0.2, -0.15) is 0 Å². The summed E-state index contributed by atoms with van der Waals surface area (Å²) in [7, 11) is 3.77. The van der Waals surface area contributed by atoms with E-state index < -0.39 is 0 Å². The number of carbonyl (C=O) groups is 1. The highest BCUT2D eigenvalue weighted by molar-refractivity contribution is 5.88. The van der Waals surface area contributed by atoms with E-state index in [1.54, 1.807) is 11.6 Å². The molecule has 1 aromatic heterocycles. The van der Waals surface area contributed by atoms with Crippen molar-refractivity contribution in [3.8, 4) is 11.3 Å². The summed E-state index contributed by atoms with van der Waals surface area (Å²) in [5.74, 6) is -0.294. The van der Waals surface area contributed by atoms with Crippen molar-refractivity contribution in [1.82, 2.24) is 4.68 Å². The molecule has 0 fully saturated rings. The molecule has 2 rings (SSSR count). The summed E-state index contributed by atoms with van der Waals surface area (Å²) in [5.41, 5.74) is 2.62. The minimum absolute atomic E-state index is 0.294. The lowest BCUT2D eigenvalue weighted by atomic mass is 10.1. The van der Waals surface area contributed by atoms with Gasteiger partial charge in [-0.25, -0.2) is 4.79 Å². The Morgan fingerprint density at radius 1 is 1.33 bits per heavy atom. The van der Waals surface area contributed by atoms with Crippen LogP contribution in [0.3, 0.4) is 0 Å². The highest BCUT2D eigenvalue weighted by atomic mass is 16.5. The summed E-state index contributed by atoms with van der Waals surface area (Å²) in [6, 6.07) is 11.8. The number of rotatable bonds is 3. The van der Waals surface area contributed by atoms with E-state index in [1.807, 2.05) is 55.2 Å². The van der Waals surface area contributed by atoms with Crippen LogP contribution in [-0.4, -0.2) is 17.3 Å². The molecule has 0 saturated heterocycles. The third kappa shape index (κ3) is 2.14. The number of nitrogens with zero attached hydrogens (tertiary/aromatic N) is 2. The van der Waals surface area contributed by atoms with Gasteiger partial charge in [0.05, 0.1) is 13.7 Å². The fraction of sp³-hybridized carbons (Fsp3) is 0.286. The van der Waals surface area contributed by atoms with E-state index >= 15 is 0 Å². The number of benzene rings is 1. The SMILES string of the molecule is CCOC(=O)c1cc(-c2ccccc2)[n+](C)n1C. The molecular weight excluding hydrogens is 228 g/mol. The van der Waals surface area contributed by atoms with Crippen LogP contribution in [0.15, 0.2) is 36.4 Å². The van der Waals surface area contributed by atoms with Gasteiger partial charge in [0.1, 0.15) is 0 Å². The maximum absolute atomic E-state index is 11.8. The first kappa shape index (κ1) is 12.4. The molecule has 1 heterocycles. The van der Waals surface area contributed by atoms with E-state index in [9.17, 15) is 4.79 Å². The zero-order valence-corrected chi connectivity index (χ0v) is 10.9. The summed E-state index contributed by atoms with van der Waals surface area (Å²) >= 11 is 0. The Morgan fingerprint density at radius 3 is 2.61 bits per heavy atom. The zero-order chi connectivity index (χ0) is 13.1. The zero-order valence-electron chi connectivity index (χ0n) is 10.9. The van der Waals surface area contributed by atoms with E-state index in [4.69, 9.17) is 4.74 Å². The second-order valence-electron chi connectivity index (χ2n) is 4.05. The van der Waals surface area contributed by atoms with Crippen molar-refractivity contribution in [2.24, 2.45) is 14.1 Å². The molecule has 0 aliphatic rings. The van der Waals surface area contributed by atoms with Crippen LogP contribution in [0, 0.1) is 0 Å². The van der Waals surface area contributed by atoms with Gasteiger partial charge in [-0.1, -0.05) is 18.2 Å². The first-order valence-corrected chi connectivity index (χ1v) is 5.93. The Morgan fingerprint density at radius 2 is 2.00 bits per heavy atom. The average molecular weight is 245 g/mol.